The van der Waals surface area contributed by atoms with Crippen molar-refractivity contribution in [1.82, 2.24) is 4.90 Å². The van der Waals surface area contributed by atoms with Crippen LogP contribution in [0.15, 0.2) is 54.6 Å². The molecule has 2 heterocycles. The van der Waals surface area contributed by atoms with Crippen LogP contribution in [0, 0.1) is 11.6 Å². The number of amides is 2. The monoisotopic (exact) mass is 582 g/mol. The van der Waals surface area contributed by atoms with Crippen LogP contribution < -0.4 is 14.4 Å². The fraction of sp³-hybridized carbons (Fsp3) is 0.323. The minimum atomic E-state index is -1.18. The van der Waals surface area contributed by atoms with E-state index in [0.29, 0.717) is 49.5 Å². The fourth-order valence-corrected chi connectivity index (χ4v) is 6.01. The number of hydrogen-bond acceptors (Lipinski definition) is 5. The number of likely N-dealkylation sites (tertiary alicyclic amines) is 1. The van der Waals surface area contributed by atoms with Gasteiger partial charge in [0, 0.05) is 49.1 Å². The number of carbonyl (C=O) groups is 3. The lowest BCUT2D eigenvalue weighted by Crippen LogP contribution is -2.47. The molecule has 2 aliphatic rings. The summed E-state index contributed by atoms with van der Waals surface area (Å²) in [6.45, 7) is 1.18. The van der Waals surface area contributed by atoms with Gasteiger partial charge in [0.1, 0.15) is 11.5 Å². The number of ketones is 1. The van der Waals surface area contributed by atoms with Crippen molar-refractivity contribution >= 4 is 34.9 Å². The summed E-state index contributed by atoms with van der Waals surface area (Å²) in [5.74, 6) is -2.23. The molecule has 2 aliphatic heterocycles. The van der Waals surface area contributed by atoms with Crippen molar-refractivity contribution in [3.8, 4) is 11.5 Å². The number of anilines is 1. The van der Waals surface area contributed by atoms with E-state index in [9.17, 15) is 23.2 Å². The summed E-state index contributed by atoms with van der Waals surface area (Å²) in [6.07, 6.45) is 1.19. The SMILES string of the molecule is COc1ccc(OC)c(C(=O)CCC(=O)N2CC3(CCN(C(=O)c4cc(F)c(F)c(Cl)c4)CC3)c3ccccc32)c1. The van der Waals surface area contributed by atoms with Crippen molar-refractivity contribution in [2.45, 2.75) is 31.1 Å². The molecule has 0 bridgehead atoms. The third-order valence-electron chi connectivity index (χ3n) is 8.04. The number of ether oxygens (including phenoxy) is 2. The summed E-state index contributed by atoms with van der Waals surface area (Å²) in [7, 11) is 3.00. The van der Waals surface area contributed by atoms with E-state index in [-0.39, 0.29) is 35.5 Å². The zero-order valence-corrected chi connectivity index (χ0v) is 23.5. The van der Waals surface area contributed by atoms with E-state index in [0.717, 1.165) is 23.4 Å². The van der Waals surface area contributed by atoms with Gasteiger partial charge in [0.2, 0.25) is 5.91 Å². The van der Waals surface area contributed by atoms with Gasteiger partial charge in [0.05, 0.1) is 24.8 Å². The molecule has 5 rings (SSSR count). The molecule has 1 saturated heterocycles. The van der Waals surface area contributed by atoms with Crippen molar-refractivity contribution in [2.75, 3.05) is 38.8 Å². The highest BCUT2D eigenvalue weighted by Gasteiger charge is 2.46. The fourth-order valence-electron chi connectivity index (χ4n) is 5.80. The summed E-state index contributed by atoms with van der Waals surface area (Å²) in [4.78, 5) is 42.9. The Hall–Kier alpha value is -3.98. The highest BCUT2D eigenvalue weighted by molar-refractivity contribution is 6.31. The van der Waals surface area contributed by atoms with E-state index in [1.807, 2.05) is 24.3 Å². The van der Waals surface area contributed by atoms with Gasteiger partial charge in [-0.2, -0.15) is 0 Å². The molecule has 0 saturated carbocycles. The summed E-state index contributed by atoms with van der Waals surface area (Å²) in [5.41, 5.74) is 1.81. The Morgan fingerprint density at radius 3 is 2.37 bits per heavy atom. The molecule has 0 atom stereocenters. The third-order valence-corrected chi connectivity index (χ3v) is 8.31. The Bertz CT molecular complexity index is 1500. The van der Waals surface area contributed by atoms with Crippen LogP contribution in [0.1, 0.15) is 52.0 Å². The Kier molecular flexibility index (Phi) is 8.00. The van der Waals surface area contributed by atoms with E-state index >= 15 is 0 Å². The Morgan fingerprint density at radius 1 is 0.951 bits per heavy atom. The standard InChI is InChI=1S/C31H29ClF2N2O5/c1-40-20-7-9-27(41-2)21(17-20)26(37)8-10-28(38)36-18-31(22-5-3-4-6-25(22)36)11-13-35(14-12-31)30(39)19-15-23(32)29(34)24(33)16-19/h3-7,9,15-17H,8,10-14,18H2,1-2H3. The van der Waals surface area contributed by atoms with E-state index in [2.05, 4.69) is 0 Å². The predicted octanol–water partition coefficient (Wildman–Crippen LogP) is 5.82. The summed E-state index contributed by atoms with van der Waals surface area (Å²) >= 11 is 5.76. The number of hydrogen-bond donors (Lipinski definition) is 0. The Morgan fingerprint density at radius 2 is 1.68 bits per heavy atom. The lowest BCUT2D eigenvalue weighted by atomic mass is 9.74. The number of fused-ring (bicyclic) bond motifs is 2. The van der Waals surface area contributed by atoms with Crippen LogP contribution >= 0.6 is 11.6 Å². The number of halogens is 3. The molecule has 41 heavy (non-hydrogen) atoms. The second-order valence-electron chi connectivity index (χ2n) is 10.3. The maximum Gasteiger partial charge on any atom is 0.254 e. The van der Waals surface area contributed by atoms with Crippen molar-refractivity contribution in [3.05, 3.63) is 87.9 Å². The number of rotatable bonds is 7. The molecule has 3 aromatic rings. The van der Waals surface area contributed by atoms with Crippen LogP contribution in [0.25, 0.3) is 0 Å². The first kappa shape index (κ1) is 28.5. The number of methoxy groups -OCH3 is 2. The molecular formula is C31H29ClF2N2O5. The molecule has 0 aromatic heterocycles. The predicted molar refractivity (Wildman–Crippen MR) is 150 cm³/mol. The third kappa shape index (κ3) is 5.38. The molecule has 1 fully saturated rings. The lowest BCUT2D eigenvalue weighted by Gasteiger charge is -2.40. The highest BCUT2D eigenvalue weighted by Crippen LogP contribution is 2.47. The smallest absolute Gasteiger partial charge is 0.254 e. The van der Waals surface area contributed by atoms with Crippen molar-refractivity contribution in [2.24, 2.45) is 0 Å². The molecular weight excluding hydrogens is 554 g/mol. The first-order chi connectivity index (χ1) is 19.7. The van der Waals surface area contributed by atoms with Crippen molar-refractivity contribution < 1.29 is 32.6 Å². The number of benzene rings is 3. The molecule has 214 valence electrons. The van der Waals surface area contributed by atoms with Gasteiger partial charge in [-0.05, 0) is 54.8 Å². The molecule has 7 nitrogen and oxygen atoms in total. The van der Waals surface area contributed by atoms with Gasteiger partial charge in [-0.1, -0.05) is 29.8 Å². The van der Waals surface area contributed by atoms with Gasteiger partial charge >= 0.3 is 0 Å². The zero-order valence-electron chi connectivity index (χ0n) is 22.7. The zero-order chi connectivity index (χ0) is 29.3. The Labute approximate surface area is 241 Å². The average Bonchev–Trinajstić information content (AvgIpc) is 3.31. The first-order valence-electron chi connectivity index (χ1n) is 13.3. The van der Waals surface area contributed by atoms with E-state index < -0.39 is 22.6 Å². The number of Topliss-reactive ketones (excluding diaryl/α,β-unsaturated/α-hetero) is 1. The average molecular weight is 583 g/mol. The summed E-state index contributed by atoms with van der Waals surface area (Å²) in [5, 5.41) is -0.441. The summed E-state index contributed by atoms with van der Waals surface area (Å²) < 4.78 is 38.0. The van der Waals surface area contributed by atoms with Gasteiger partial charge in [-0.15, -0.1) is 0 Å². The van der Waals surface area contributed by atoms with Crippen LogP contribution in [-0.2, 0) is 10.2 Å². The van der Waals surface area contributed by atoms with Gasteiger partial charge in [-0.3, -0.25) is 14.4 Å². The van der Waals surface area contributed by atoms with E-state index in [1.54, 1.807) is 28.0 Å². The molecule has 2 amide bonds. The van der Waals surface area contributed by atoms with Gasteiger partial charge in [0.15, 0.2) is 17.4 Å². The molecule has 0 N–H and O–H groups in total. The van der Waals surface area contributed by atoms with Crippen LogP contribution in [-0.4, -0.2) is 56.4 Å². The molecule has 10 heteroatoms. The van der Waals surface area contributed by atoms with Crippen LogP contribution in [0.4, 0.5) is 14.5 Å². The van der Waals surface area contributed by atoms with Gasteiger partial charge < -0.3 is 19.3 Å². The van der Waals surface area contributed by atoms with Crippen LogP contribution in [0.5, 0.6) is 11.5 Å². The van der Waals surface area contributed by atoms with Gasteiger partial charge in [0.25, 0.3) is 5.91 Å². The Balaban J connectivity index is 1.28. The number of carbonyl (C=O) groups excluding carboxylic acids is 3. The summed E-state index contributed by atoms with van der Waals surface area (Å²) in [6, 6.07) is 14.7. The molecule has 3 aromatic carbocycles. The number of para-hydroxylation sites is 1. The normalized spacial score (nSPS) is 15.5. The maximum atomic E-state index is 13.9. The second-order valence-corrected chi connectivity index (χ2v) is 10.7. The highest BCUT2D eigenvalue weighted by atomic mass is 35.5. The van der Waals surface area contributed by atoms with Crippen LogP contribution in [0.3, 0.4) is 0 Å². The molecule has 0 aliphatic carbocycles. The lowest BCUT2D eigenvalue weighted by molar-refractivity contribution is -0.118. The topological polar surface area (TPSA) is 76.2 Å². The quantitative estimate of drug-likeness (QED) is 0.259. The number of nitrogens with zero attached hydrogens (tertiary/aromatic N) is 2. The first-order valence-corrected chi connectivity index (χ1v) is 13.6. The van der Waals surface area contributed by atoms with E-state index in [1.165, 1.54) is 14.2 Å². The largest absolute Gasteiger partial charge is 0.497 e. The maximum absolute atomic E-state index is 13.9. The molecule has 1 spiro atoms. The number of piperidine rings is 1. The van der Waals surface area contributed by atoms with Crippen LogP contribution in [0.2, 0.25) is 5.02 Å². The minimum Gasteiger partial charge on any atom is -0.497 e. The van der Waals surface area contributed by atoms with E-state index in [4.69, 9.17) is 21.1 Å². The van der Waals surface area contributed by atoms with Crippen molar-refractivity contribution in [1.29, 1.82) is 0 Å². The van der Waals surface area contributed by atoms with Gasteiger partial charge in [-0.25, -0.2) is 8.78 Å². The molecule has 0 unspecified atom stereocenters. The van der Waals surface area contributed by atoms with Crippen molar-refractivity contribution in [3.63, 3.8) is 0 Å². The second kappa shape index (κ2) is 11.5. The molecule has 0 radical (unpaired) electrons. The minimum absolute atomic E-state index is 0.00704.